The number of fused-ring (bicyclic) bond motifs is 1. The number of nitrogens with zero attached hydrogens (tertiary/aromatic N) is 2. The van der Waals surface area contributed by atoms with Crippen LogP contribution in [0.4, 0.5) is 4.39 Å². The number of amides is 1. The van der Waals surface area contributed by atoms with Gasteiger partial charge in [-0.05, 0) is 50.6 Å². The van der Waals surface area contributed by atoms with Crippen molar-refractivity contribution in [3.8, 4) is 0 Å². The van der Waals surface area contributed by atoms with E-state index in [0.29, 0.717) is 22.6 Å². The molecular weight excluding hydrogens is 377 g/mol. The number of carbonyl (C=O) groups is 1. The van der Waals surface area contributed by atoms with Crippen LogP contribution in [-0.4, -0.2) is 20.7 Å². The van der Waals surface area contributed by atoms with E-state index in [4.69, 9.17) is 0 Å². The van der Waals surface area contributed by atoms with E-state index in [9.17, 15) is 14.0 Å². The first-order valence-electron chi connectivity index (χ1n) is 9.07. The van der Waals surface area contributed by atoms with E-state index in [1.165, 1.54) is 23.9 Å². The Kier molecular flexibility index (Phi) is 6.14. The molecule has 1 N–H and O–H groups in total. The van der Waals surface area contributed by atoms with Crippen molar-refractivity contribution in [3.05, 3.63) is 70.3 Å². The standard InChI is InChI=1S/C21H22FN3O2S/c1-13(2)25-20(27)17-6-4-5-7-18(17)24-21(25)28-14(3)19(26)23-12-15-8-10-16(22)11-9-15/h4-11,13-14H,12H2,1-3H3,(H,23,26). The molecule has 0 radical (unpaired) electrons. The summed E-state index contributed by atoms with van der Waals surface area (Å²) in [5.41, 5.74) is 1.32. The molecule has 28 heavy (non-hydrogen) atoms. The predicted molar refractivity (Wildman–Crippen MR) is 110 cm³/mol. The molecule has 1 aromatic heterocycles. The molecule has 1 unspecified atom stereocenters. The Morgan fingerprint density at radius 2 is 1.82 bits per heavy atom. The van der Waals surface area contributed by atoms with Gasteiger partial charge in [0.2, 0.25) is 5.91 Å². The first-order valence-corrected chi connectivity index (χ1v) is 9.95. The highest BCUT2D eigenvalue weighted by Gasteiger charge is 2.20. The molecule has 0 saturated heterocycles. The molecule has 7 heteroatoms. The second-order valence-electron chi connectivity index (χ2n) is 6.78. The van der Waals surface area contributed by atoms with E-state index >= 15 is 0 Å². The van der Waals surface area contributed by atoms with Gasteiger partial charge in [-0.3, -0.25) is 14.2 Å². The summed E-state index contributed by atoms with van der Waals surface area (Å²) in [6.45, 7) is 5.92. The number of aromatic nitrogens is 2. The number of hydrogen-bond acceptors (Lipinski definition) is 4. The maximum atomic E-state index is 13.0. The molecule has 1 heterocycles. The van der Waals surface area contributed by atoms with Crippen LogP contribution in [0.3, 0.4) is 0 Å². The number of rotatable bonds is 6. The third kappa shape index (κ3) is 4.42. The smallest absolute Gasteiger partial charge is 0.262 e. The van der Waals surface area contributed by atoms with Crippen molar-refractivity contribution in [1.82, 2.24) is 14.9 Å². The summed E-state index contributed by atoms with van der Waals surface area (Å²) in [4.78, 5) is 30.0. The van der Waals surface area contributed by atoms with Gasteiger partial charge in [0, 0.05) is 12.6 Å². The first-order chi connectivity index (χ1) is 13.4. The summed E-state index contributed by atoms with van der Waals surface area (Å²) in [6, 6.07) is 13.1. The van der Waals surface area contributed by atoms with Gasteiger partial charge in [-0.15, -0.1) is 0 Å². The van der Waals surface area contributed by atoms with Gasteiger partial charge >= 0.3 is 0 Å². The van der Waals surface area contributed by atoms with Crippen LogP contribution < -0.4 is 10.9 Å². The minimum atomic E-state index is -0.446. The SMILES string of the molecule is CC(Sc1nc2ccccc2c(=O)n1C(C)C)C(=O)NCc1ccc(F)cc1. The number of carbonyl (C=O) groups excluding carboxylic acids is 1. The molecule has 5 nitrogen and oxygen atoms in total. The summed E-state index contributed by atoms with van der Waals surface area (Å²) < 4.78 is 14.6. The average Bonchev–Trinajstić information content (AvgIpc) is 2.67. The third-order valence-electron chi connectivity index (χ3n) is 4.32. The van der Waals surface area contributed by atoms with E-state index in [0.717, 1.165) is 5.56 Å². The Hall–Kier alpha value is -2.67. The number of para-hydroxylation sites is 1. The van der Waals surface area contributed by atoms with Crippen LogP contribution in [0, 0.1) is 5.82 Å². The highest BCUT2D eigenvalue weighted by Crippen LogP contribution is 2.25. The molecule has 0 spiro atoms. The van der Waals surface area contributed by atoms with Crippen molar-refractivity contribution < 1.29 is 9.18 Å². The molecule has 3 aromatic rings. The highest BCUT2D eigenvalue weighted by atomic mass is 32.2. The van der Waals surface area contributed by atoms with Gasteiger partial charge in [0.05, 0.1) is 16.2 Å². The van der Waals surface area contributed by atoms with Crippen molar-refractivity contribution in [3.63, 3.8) is 0 Å². The maximum absolute atomic E-state index is 13.0. The Labute approximate surface area is 167 Å². The lowest BCUT2D eigenvalue weighted by molar-refractivity contribution is -0.120. The molecule has 0 bridgehead atoms. The van der Waals surface area contributed by atoms with Crippen LogP contribution in [0.25, 0.3) is 10.9 Å². The quantitative estimate of drug-likeness (QED) is 0.504. The van der Waals surface area contributed by atoms with Crippen LogP contribution >= 0.6 is 11.8 Å². The fourth-order valence-electron chi connectivity index (χ4n) is 2.81. The van der Waals surface area contributed by atoms with Gasteiger partial charge in [-0.1, -0.05) is 36.0 Å². The van der Waals surface area contributed by atoms with Crippen molar-refractivity contribution in [1.29, 1.82) is 0 Å². The summed E-state index contributed by atoms with van der Waals surface area (Å²) in [5, 5.41) is 3.48. The van der Waals surface area contributed by atoms with Crippen LogP contribution in [-0.2, 0) is 11.3 Å². The lowest BCUT2D eigenvalue weighted by atomic mass is 10.2. The molecule has 3 rings (SSSR count). The second-order valence-corrected chi connectivity index (χ2v) is 8.09. The number of nitrogens with one attached hydrogen (secondary N) is 1. The van der Waals surface area contributed by atoms with Gasteiger partial charge in [0.15, 0.2) is 5.16 Å². The molecule has 0 aliphatic heterocycles. The van der Waals surface area contributed by atoms with Crippen LogP contribution in [0.1, 0.15) is 32.4 Å². The zero-order valence-corrected chi connectivity index (χ0v) is 16.8. The van der Waals surface area contributed by atoms with E-state index < -0.39 is 5.25 Å². The Morgan fingerprint density at radius 3 is 2.50 bits per heavy atom. The molecule has 146 valence electrons. The van der Waals surface area contributed by atoms with E-state index in [-0.39, 0.29) is 23.3 Å². The first kappa shape index (κ1) is 20.1. The van der Waals surface area contributed by atoms with Crippen molar-refractivity contribution in [2.45, 2.75) is 43.8 Å². The third-order valence-corrected chi connectivity index (χ3v) is 5.39. The van der Waals surface area contributed by atoms with Gasteiger partial charge in [0.25, 0.3) is 5.56 Å². The van der Waals surface area contributed by atoms with Crippen LogP contribution in [0.5, 0.6) is 0 Å². The van der Waals surface area contributed by atoms with Gasteiger partial charge in [-0.2, -0.15) is 0 Å². The zero-order valence-electron chi connectivity index (χ0n) is 16.0. The Balaban J connectivity index is 1.79. The lowest BCUT2D eigenvalue weighted by Gasteiger charge is -2.18. The Bertz CT molecular complexity index is 1050. The summed E-state index contributed by atoms with van der Waals surface area (Å²) in [5.74, 6) is -0.486. The fourth-order valence-corrected chi connectivity index (χ4v) is 3.88. The number of thioether (sulfide) groups is 1. The van der Waals surface area contributed by atoms with Gasteiger partial charge < -0.3 is 5.32 Å². The number of hydrogen-bond donors (Lipinski definition) is 1. The summed E-state index contributed by atoms with van der Waals surface area (Å²) >= 11 is 1.25. The minimum Gasteiger partial charge on any atom is -0.351 e. The largest absolute Gasteiger partial charge is 0.351 e. The summed E-state index contributed by atoms with van der Waals surface area (Å²) in [6.07, 6.45) is 0. The minimum absolute atomic E-state index is 0.0819. The number of halogens is 1. The van der Waals surface area contributed by atoms with Gasteiger partial charge in [-0.25, -0.2) is 9.37 Å². The van der Waals surface area contributed by atoms with Crippen LogP contribution in [0.15, 0.2) is 58.5 Å². The molecule has 0 aliphatic rings. The second kappa shape index (κ2) is 8.56. The van der Waals surface area contributed by atoms with E-state index in [2.05, 4.69) is 10.3 Å². The van der Waals surface area contributed by atoms with Crippen molar-refractivity contribution in [2.24, 2.45) is 0 Å². The summed E-state index contributed by atoms with van der Waals surface area (Å²) in [7, 11) is 0. The molecule has 0 fully saturated rings. The highest BCUT2D eigenvalue weighted by molar-refractivity contribution is 8.00. The normalized spacial score (nSPS) is 12.3. The number of benzene rings is 2. The molecule has 1 atom stereocenters. The van der Waals surface area contributed by atoms with Crippen molar-refractivity contribution in [2.75, 3.05) is 0 Å². The molecule has 0 saturated carbocycles. The average molecular weight is 399 g/mol. The van der Waals surface area contributed by atoms with Crippen LogP contribution in [0.2, 0.25) is 0 Å². The fraction of sp³-hybridized carbons (Fsp3) is 0.286. The topological polar surface area (TPSA) is 64.0 Å². The predicted octanol–water partition coefficient (Wildman–Crippen LogP) is 3.91. The lowest BCUT2D eigenvalue weighted by Crippen LogP contribution is -2.32. The molecular formula is C21H22FN3O2S. The van der Waals surface area contributed by atoms with Crippen molar-refractivity contribution >= 4 is 28.6 Å². The monoisotopic (exact) mass is 399 g/mol. The molecule has 1 amide bonds. The van der Waals surface area contributed by atoms with Gasteiger partial charge in [0.1, 0.15) is 5.82 Å². The van der Waals surface area contributed by atoms with E-state index in [1.54, 1.807) is 35.8 Å². The maximum Gasteiger partial charge on any atom is 0.262 e. The molecule has 2 aromatic carbocycles. The van der Waals surface area contributed by atoms with E-state index in [1.807, 2.05) is 26.0 Å². The Morgan fingerprint density at radius 1 is 1.14 bits per heavy atom. The zero-order chi connectivity index (χ0) is 20.3. The molecule has 0 aliphatic carbocycles.